The highest BCUT2D eigenvalue weighted by atomic mass is 16.5. The normalized spacial score (nSPS) is 23.5. The quantitative estimate of drug-likeness (QED) is 0.650. The molecule has 1 aliphatic rings. The minimum Gasteiger partial charge on any atom is -0.481 e. The molecule has 148 valence electrons. The molecule has 3 atom stereocenters. The fourth-order valence-electron chi connectivity index (χ4n) is 4.04. The van der Waals surface area contributed by atoms with Crippen molar-refractivity contribution in [2.75, 3.05) is 0 Å². The summed E-state index contributed by atoms with van der Waals surface area (Å²) in [6.45, 7) is 2.28. The number of nitrogens with two attached hydrogens (primary N) is 1. The number of rotatable bonds is 8. The zero-order valence-corrected chi connectivity index (χ0v) is 15.9. The van der Waals surface area contributed by atoms with Crippen LogP contribution < -0.4 is 15.8 Å². The molecule has 1 aliphatic carbocycles. The van der Waals surface area contributed by atoms with Crippen molar-refractivity contribution in [1.29, 1.82) is 0 Å². The van der Waals surface area contributed by atoms with Gasteiger partial charge in [0.05, 0.1) is 11.3 Å². The minimum absolute atomic E-state index is 0.229. The number of nitrogens with one attached hydrogen (secondary N) is 1. The molecular formula is C22H26N2O4. The van der Waals surface area contributed by atoms with Gasteiger partial charge in [-0.2, -0.15) is 0 Å². The molecule has 0 aromatic heterocycles. The zero-order valence-electron chi connectivity index (χ0n) is 15.9. The third kappa shape index (κ3) is 4.02. The summed E-state index contributed by atoms with van der Waals surface area (Å²) in [6.07, 6.45) is 1.66. The van der Waals surface area contributed by atoms with Crippen LogP contribution in [0.2, 0.25) is 0 Å². The lowest BCUT2D eigenvalue weighted by atomic mass is 9.54. The van der Waals surface area contributed by atoms with Gasteiger partial charge in [0.1, 0.15) is 11.5 Å². The largest absolute Gasteiger partial charge is 0.481 e. The van der Waals surface area contributed by atoms with Crippen LogP contribution in [0.15, 0.2) is 54.6 Å². The first-order valence-corrected chi connectivity index (χ1v) is 9.55. The lowest BCUT2D eigenvalue weighted by Crippen LogP contribution is -2.65. The van der Waals surface area contributed by atoms with Gasteiger partial charge in [-0.25, -0.2) is 0 Å². The Kier molecular flexibility index (Phi) is 5.99. The highest BCUT2D eigenvalue weighted by Crippen LogP contribution is 2.49. The van der Waals surface area contributed by atoms with Gasteiger partial charge >= 0.3 is 5.97 Å². The number of carboxylic acids is 1. The van der Waals surface area contributed by atoms with Gasteiger partial charge in [-0.3, -0.25) is 9.59 Å². The molecule has 28 heavy (non-hydrogen) atoms. The highest BCUT2D eigenvalue weighted by molar-refractivity contribution is 5.90. The van der Waals surface area contributed by atoms with Gasteiger partial charge in [0, 0.05) is 12.6 Å². The zero-order chi connectivity index (χ0) is 20.1. The number of carbonyl (C=O) groups excluding carboxylic acids is 1. The van der Waals surface area contributed by atoms with Crippen LogP contribution in [0.4, 0.5) is 0 Å². The fraction of sp³-hybridized carbons (Fsp3) is 0.364. The van der Waals surface area contributed by atoms with Crippen LogP contribution in [-0.4, -0.2) is 23.0 Å². The molecule has 6 nitrogen and oxygen atoms in total. The molecule has 6 heteroatoms. The number of hydrogen-bond acceptors (Lipinski definition) is 4. The Morgan fingerprint density at radius 1 is 1.14 bits per heavy atom. The van der Waals surface area contributed by atoms with Crippen LogP contribution in [0.25, 0.3) is 0 Å². The standard InChI is InChI=1S/C22H26N2O4/c1-2-12-22(13-18(23)19(22)20(25)26)21(27)24-14-15-8-10-17(11-9-15)28-16-6-4-3-5-7-16/h3-11,18-19H,2,12-14,23H2,1H3,(H,24,27)(H,25,26). The predicted octanol–water partition coefficient (Wildman–Crippen LogP) is 3.31. The Bertz CT molecular complexity index is 818. The van der Waals surface area contributed by atoms with Gasteiger partial charge in [-0.05, 0) is 42.7 Å². The van der Waals surface area contributed by atoms with Crippen molar-refractivity contribution in [3.05, 3.63) is 60.2 Å². The van der Waals surface area contributed by atoms with E-state index >= 15 is 0 Å². The molecule has 3 unspecified atom stereocenters. The van der Waals surface area contributed by atoms with Crippen molar-refractivity contribution in [3.63, 3.8) is 0 Å². The third-order valence-electron chi connectivity index (χ3n) is 5.39. The topological polar surface area (TPSA) is 102 Å². The van der Waals surface area contributed by atoms with E-state index in [0.29, 0.717) is 25.1 Å². The number of carbonyl (C=O) groups is 2. The lowest BCUT2D eigenvalue weighted by Gasteiger charge is -2.50. The molecular weight excluding hydrogens is 356 g/mol. The number of para-hydroxylation sites is 1. The van der Waals surface area contributed by atoms with Gasteiger partial charge in [0.2, 0.25) is 5.91 Å². The second kappa shape index (κ2) is 8.44. The third-order valence-corrected chi connectivity index (χ3v) is 5.39. The Hall–Kier alpha value is -2.86. The van der Waals surface area contributed by atoms with Crippen LogP contribution in [-0.2, 0) is 16.1 Å². The van der Waals surface area contributed by atoms with Crippen LogP contribution in [0.5, 0.6) is 11.5 Å². The summed E-state index contributed by atoms with van der Waals surface area (Å²) in [5, 5.41) is 12.4. The summed E-state index contributed by atoms with van der Waals surface area (Å²) in [7, 11) is 0. The van der Waals surface area contributed by atoms with Crippen LogP contribution in [0.3, 0.4) is 0 Å². The van der Waals surface area contributed by atoms with Gasteiger partial charge in [0.25, 0.3) is 0 Å². The second-order valence-electron chi connectivity index (χ2n) is 7.33. The first-order chi connectivity index (χ1) is 13.5. The molecule has 3 rings (SSSR count). The molecule has 0 spiro atoms. The number of benzene rings is 2. The van der Waals surface area contributed by atoms with E-state index in [1.54, 1.807) is 0 Å². The Morgan fingerprint density at radius 2 is 1.79 bits per heavy atom. The highest BCUT2D eigenvalue weighted by Gasteiger charge is 2.60. The van der Waals surface area contributed by atoms with E-state index < -0.39 is 23.3 Å². The lowest BCUT2D eigenvalue weighted by molar-refractivity contribution is -0.166. The molecule has 1 fully saturated rings. The van der Waals surface area contributed by atoms with E-state index in [0.717, 1.165) is 17.7 Å². The Morgan fingerprint density at radius 3 is 2.36 bits per heavy atom. The molecule has 0 aliphatic heterocycles. The van der Waals surface area contributed by atoms with Crippen LogP contribution in [0, 0.1) is 11.3 Å². The summed E-state index contributed by atoms with van der Waals surface area (Å²) in [6, 6.07) is 16.5. The molecule has 0 saturated heterocycles. The average Bonchev–Trinajstić information content (AvgIpc) is 2.66. The molecule has 2 aromatic carbocycles. The van der Waals surface area contributed by atoms with E-state index in [2.05, 4.69) is 5.32 Å². The molecule has 0 bridgehead atoms. The fourth-order valence-corrected chi connectivity index (χ4v) is 4.04. The molecule has 4 N–H and O–H groups in total. The number of hydrogen-bond donors (Lipinski definition) is 3. The van der Waals surface area contributed by atoms with Crippen molar-refractivity contribution in [2.45, 2.75) is 38.8 Å². The van der Waals surface area contributed by atoms with Gasteiger partial charge in [-0.1, -0.05) is 43.7 Å². The maximum absolute atomic E-state index is 12.8. The average molecular weight is 382 g/mol. The van der Waals surface area contributed by atoms with Gasteiger partial charge in [0.15, 0.2) is 0 Å². The minimum atomic E-state index is -0.996. The van der Waals surface area contributed by atoms with E-state index in [-0.39, 0.29) is 5.91 Å². The maximum Gasteiger partial charge on any atom is 0.309 e. The second-order valence-corrected chi connectivity index (χ2v) is 7.33. The van der Waals surface area contributed by atoms with E-state index in [4.69, 9.17) is 10.5 Å². The number of carboxylic acid groups (broad SMARTS) is 1. The summed E-state index contributed by atoms with van der Waals surface area (Å²) >= 11 is 0. The van der Waals surface area contributed by atoms with Crippen molar-refractivity contribution >= 4 is 11.9 Å². The number of aliphatic carboxylic acids is 1. The molecule has 0 radical (unpaired) electrons. The van der Waals surface area contributed by atoms with E-state index in [9.17, 15) is 14.7 Å². The van der Waals surface area contributed by atoms with E-state index in [1.807, 2.05) is 61.5 Å². The predicted molar refractivity (Wildman–Crippen MR) is 106 cm³/mol. The smallest absolute Gasteiger partial charge is 0.309 e. The van der Waals surface area contributed by atoms with Crippen LogP contribution in [0.1, 0.15) is 31.7 Å². The van der Waals surface area contributed by atoms with Gasteiger partial charge < -0.3 is 20.9 Å². The first-order valence-electron chi connectivity index (χ1n) is 9.55. The first kappa shape index (κ1) is 19.9. The summed E-state index contributed by atoms with van der Waals surface area (Å²) < 4.78 is 5.76. The summed E-state index contributed by atoms with van der Waals surface area (Å²) in [4.78, 5) is 24.4. The number of amides is 1. The molecule has 2 aromatic rings. The molecule has 1 saturated carbocycles. The summed E-state index contributed by atoms with van der Waals surface area (Å²) in [5.41, 5.74) is 5.89. The summed E-state index contributed by atoms with van der Waals surface area (Å²) in [5.74, 6) is -0.586. The van der Waals surface area contributed by atoms with Crippen molar-refractivity contribution in [2.24, 2.45) is 17.1 Å². The maximum atomic E-state index is 12.8. The molecule has 0 heterocycles. The van der Waals surface area contributed by atoms with Crippen molar-refractivity contribution in [3.8, 4) is 11.5 Å². The molecule has 1 amide bonds. The van der Waals surface area contributed by atoms with E-state index in [1.165, 1.54) is 0 Å². The van der Waals surface area contributed by atoms with Crippen molar-refractivity contribution < 1.29 is 19.4 Å². The monoisotopic (exact) mass is 382 g/mol. The van der Waals surface area contributed by atoms with Gasteiger partial charge in [-0.15, -0.1) is 0 Å². The SMILES string of the molecule is CCCC1(C(=O)NCc2ccc(Oc3ccccc3)cc2)CC(N)C1C(=O)O. The van der Waals surface area contributed by atoms with Crippen LogP contribution >= 0.6 is 0 Å². The Labute approximate surface area is 164 Å². The van der Waals surface area contributed by atoms with Crippen molar-refractivity contribution in [1.82, 2.24) is 5.32 Å². The number of ether oxygens (including phenoxy) is 1. The Balaban J connectivity index is 1.61.